The lowest BCUT2D eigenvalue weighted by atomic mass is 10.0. The minimum absolute atomic E-state index is 0.259. The number of hydrogen-bond acceptors (Lipinski definition) is 8. The molecule has 1 N–H and O–H groups in total. The summed E-state index contributed by atoms with van der Waals surface area (Å²) in [7, 11) is 1.58. The van der Waals surface area contributed by atoms with E-state index in [4.69, 9.17) is 9.47 Å². The van der Waals surface area contributed by atoms with Gasteiger partial charge in [-0.15, -0.1) is 10.2 Å². The van der Waals surface area contributed by atoms with E-state index >= 15 is 0 Å². The molecule has 1 aromatic carbocycles. The Morgan fingerprint density at radius 2 is 2.09 bits per heavy atom. The molecule has 0 amide bonds. The largest absolute Gasteiger partial charge is 0.493 e. The van der Waals surface area contributed by atoms with Crippen molar-refractivity contribution >= 4 is 17.2 Å². The maximum Gasteiger partial charge on any atom is 0.216 e. The topological polar surface area (TPSA) is 104 Å². The van der Waals surface area contributed by atoms with Gasteiger partial charge in [-0.3, -0.25) is 4.40 Å². The summed E-state index contributed by atoms with van der Waals surface area (Å²) in [5.74, 6) is 1.52. The predicted octanol–water partition coefficient (Wildman–Crippen LogP) is 2.53. The van der Waals surface area contributed by atoms with Crippen LogP contribution in [0.5, 0.6) is 11.6 Å². The molecule has 0 radical (unpaired) electrons. The van der Waals surface area contributed by atoms with Crippen molar-refractivity contribution in [3.05, 3.63) is 60.1 Å². The lowest BCUT2D eigenvalue weighted by Crippen LogP contribution is -2.10. The van der Waals surface area contributed by atoms with Gasteiger partial charge in [-0.1, -0.05) is 0 Å². The maximum atomic E-state index is 14.5. The van der Waals surface area contributed by atoms with E-state index in [1.165, 1.54) is 12.4 Å². The molecule has 0 fully saturated rings. The molecule has 0 saturated carbocycles. The zero-order valence-electron chi connectivity index (χ0n) is 17.0. The molecule has 0 unspecified atom stereocenters. The Balaban J connectivity index is 1.39. The monoisotopic (exact) mass is 432 g/mol. The molecule has 10 nitrogen and oxygen atoms in total. The first kappa shape index (κ1) is 18.5. The minimum atomic E-state index is -0.272. The highest BCUT2D eigenvalue weighted by molar-refractivity contribution is 5.86. The van der Waals surface area contributed by atoms with Crippen molar-refractivity contribution in [3.8, 4) is 22.8 Å². The number of anilines is 1. The molecule has 0 bridgehead atoms. The number of aromatic nitrogens is 7. The molecule has 6 rings (SSSR count). The number of ether oxygens (including phenoxy) is 2. The second-order valence-electron chi connectivity index (χ2n) is 7.26. The second kappa shape index (κ2) is 7.15. The van der Waals surface area contributed by atoms with Gasteiger partial charge in [0.05, 0.1) is 13.7 Å². The lowest BCUT2D eigenvalue weighted by molar-refractivity contribution is 0.356. The van der Waals surface area contributed by atoms with Crippen LogP contribution in [-0.4, -0.2) is 47.9 Å². The smallest absolute Gasteiger partial charge is 0.216 e. The molecular weight excluding hydrogens is 415 g/mol. The van der Waals surface area contributed by atoms with Crippen LogP contribution in [-0.2, 0) is 13.0 Å². The normalized spacial score (nSPS) is 12.8. The van der Waals surface area contributed by atoms with Gasteiger partial charge in [-0.25, -0.2) is 14.4 Å². The van der Waals surface area contributed by atoms with Crippen LogP contribution in [0.3, 0.4) is 0 Å². The summed E-state index contributed by atoms with van der Waals surface area (Å²) in [4.78, 5) is 8.91. The second-order valence-corrected chi connectivity index (χ2v) is 7.26. The van der Waals surface area contributed by atoms with Gasteiger partial charge in [0.2, 0.25) is 11.8 Å². The number of fused-ring (bicyclic) bond motifs is 3. The SMILES string of the molecule is COc1ccc(-c2cnc(NCc3c(F)ccc4c3CCO4)n3cnnc23)c2ncnn12. The van der Waals surface area contributed by atoms with Gasteiger partial charge >= 0.3 is 0 Å². The van der Waals surface area contributed by atoms with Crippen LogP contribution in [0.2, 0.25) is 0 Å². The van der Waals surface area contributed by atoms with E-state index in [0.717, 1.165) is 22.4 Å². The highest BCUT2D eigenvalue weighted by Gasteiger charge is 2.21. The van der Waals surface area contributed by atoms with Crippen molar-refractivity contribution in [1.29, 1.82) is 0 Å². The van der Waals surface area contributed by atoms with Crippen LogP contribution >= 0.6 is 0 Å². The molecule has 32 heavy (non-hydrogen) atoms. The number of hydrogen-bond donors (Lipinski definition) is 1. The van der Waals surface area contributed by atoms with Crippen molar-refractivity contribution in [1.82, 2.24) is 34.2 Å². The summed E-state index contributed by atoms with van der Waals surface area (Å²) in [5, 5.41) is 15.8. The van der Waals surface area contributed by atoms with Crippen LogP contribution in [0.4, 0.5) is 10.3 Å². The first-order chi connectivity index (χ1) is 15.7. The van der Waals surface area contributed by atoms with Crippen LogP contribution in [0.15, 0.2) is 43.1 Å². The van der Waals surface area contributed by atoms with Gasteiger partial charge < -0.3 is 14.8 Å². The summed E-state index contributed by atoms with van der Waals surface area (Å²) in [5.41, 5.74) is 4.17. The van der Waals surface area contributed by atoms with E-state index < -0.39 is 0 Å². The molecule has 4 aromatic heterocycles. The van der Waals surface area contributed by atoms with E-state index in [1.54, 1.807) is 40.7 Å². The fraction of sp³-hybridized carbons (Fsp3) is 0.190. The third kappa shape index (κ3) is 2.74. The number of halogens is 1. The molecule has 11 heteroatoms. The van der Waals surface area contributed by atoms with Gasteiger partial charge in [0.25, 0.3) is 0 Å². The number of methoxy groups -OCH3 is 1. The fourth-order valence-electron chi connectivity index (χ4n) is 4.06. The summed E-state index contributed by atoms with van der Waals surface area (Å²) in [6.45, 7) is 0.822. The standard InChI is InChI=1S/C21H17FN8O2/c1-31-18-5-2-13(19-25-10-27-30(18)19)15-9-24-21(29-11-26-28-20(15)29)23-8-14-12-6-7-32-17(12)4-3-16(14)22/h2-5,9-11H,6-8H2,1H3,(H,23,24). The Hall–Kier alpha value is -4.28. The molecule has 0 atom stereocenters. The van der Waals surface area contributed by atoms with Gasteiger partial charge in [0.1, 0.15) is 24.2 Å². The fourth-order valence-corrected chi connectivity index (χ4v) is 4.06. The van der Waals surface area contributed by atoms with Crippen molar-refractivity contribution in [3.63, 3.8) is 0 Å². The Bertz CT molecular complexity index is 1480. The average Bonchev–Trinajstić information content (AvgIpc) is 3.58. The van der Waals surface area contributed by atoms with Crippen LogP contribution < -0.4 is 14.8 Å². The highest BCUT2D eigenvalue weighted by Crippen LogP contribution is 2.32. The molecule has 1 aliphatic rings. The predicted molar refractivity (Wildman–Crippen MR) is 112 cm³/mol. The Kier molecular flexibility index (Phi) is 4.13. The molecule has 1 aliphatic heterocycles. The number of nitrogens with zero attached hydrogens (tertiary/aromatic N) is 7. The first-order valence-electron chi connectivity index (χ1n) is 9.97. The van der Waals surface area contributed by atoms with E-state index in [9.17, 15) is 4.39 Å². The van der Waals surface area contributed by atoms with Crippen molar-refractivity contribution in [2.24, 2.45) is 0 Å². The molecule has 5 heterocycles. The Morgan fingerprint density at radius 1 is 1.16 bits per heavy atom. The Labute approximate surface area is 180 Å². The van der Waals surface area contributed by atoms with Crippen LogP contribution in [0.25, 0.3) is 22.4 Å². The van der Waals surface area contributed by atoms with Gasteiger partial charge in [0, 0.05) is 47.5 Å². The third-order valence-corrected chi connectivity index (χ3v) is 5.59. The number of nitrogens with one attached hydrogen (secondary N) is 1. The first-order valence-corrected chi connectivity index (χ1v) is 9.97. The van der Waals surface area contributed by atoms with E-state index in [2.05, 4.69) is 30.6 Å². The van der Waals surface area contributed by atoms with Crippen LogP contribution in [0.1, 0.15) is 11.1 Å². The Morgan fingerprint density at radius 3 is 3.00 bits per heavy atom. The molecule has 5 aromatic rings. The lowest BCUT2D eigenvalue weighted by Gasteiger charge is -2.13. The summed E-state index contributed by atoms with van der Waals surface area (Å²) in [6.07, 6.45) is 5.40. The quantitative estimate of drug-likeness (QED) is 0.452. The third-order valence-electron chi connectivity index (χ3n) is 5.59. The number of benzene rings is 1. The van der Waals surface area contributed by atoms with Gasteiger partial charge in [0.15, 0.2) is 11.3 Å². The summed E-state index contributed by atoms with van der Waals surface area (Å²) < 4.78 is 28.7. The summed E-state index contributed by atoms with van der Waals surface area (Å²) in [6, 6.07) is 6.78. The molecule has 160 valence electrons. The highest BCUT2D eigenvalue weighted by atomic mass is 19.1. The van der Waals surface area contributed by atoms with Gasteiger partial charge in [-0.05, 0) is 18.2 Å². The molecular formula is C21H17FN8O2. The van der Waals surface area contributed by atoms with E-state index in [0.29, 0.717) is 41.7 Å². The molecule has 0 spiro atoms. The zero-order chi connectivity index (χ0) is 21.7. The average molecular weight is 432 g/mol. The van der Waals surface area contributed by atoms with Crippen molar-refractivity contribution in [2.45, 2.75) is 13.0 Å². The van der Waals surface area contributed by atoms with Crippen molar-refractivity contribution < 1.29 is 13.9 Å². The molecule has 0 aliphatic carbocycles. The van der Waals surface area contributed by atoms with Gasteiger partial charge in [-0.2, -0.15) is 9.61 Å². The van der Waals surface area contributed by atoms with E-state index in [1.807, 2.05) is 6.07 Å². The number of rotatable bonds is 5. The number of pyridine rings is 1. The minimum Gasteiger partial charge on any atom is -0.493 e. The molecule has 0 saturated heterocycles. The van der Waals surface area contributed by atoms with Crippen LogP contribution in [0, 0.1) is 5.82 Å². The van der Waals surface area contributed by atoms with Crippen molar-refractivity contribution in [2.75, 3.05) is 19.0 Å². The summed E-state index contributed by atoms with van der Waals surface area (Å²) >= 11 is 0. The maximum absolute atomic E-state index is 14.5. The van der Waals surface area contributed by atoms with E-state index in [-0.39, 0.29) is 12.4 Å². The zero-order valence-corrected chi connectivity index (χ0v) is 17.0.